The Kier molecular flexibility index (Phi) is 4.51. The van der Waals surface area contributed by atoms with Gasteiger partial charge in [-0.25, -0.2) is 4.79 Å². The Bertz CT molecular complexity index is 302. The van der Waals surface area contributed by atoms with Crippen LogP contribution in [0.1, 0.15) is 20.3 Å². The van der Waals surface area contributed by atoms with Crippen LogP contribution in [0, 0.1) is 11.3 Å². The van der Waals surface area contributed by atoms with Gasteiger partial charge < -0.3 is 15.0 Å². The molecular formula is C12H22N2O3. The maximum atomic E-state index is 11.3. The molecular weight excluding hydrogens is 220 g/mol. The fourth-order valence-corrected chi connectivity index (χ4v) is 2.19. The van der Waals surface area contributed by atoms with Gasteiger partial charge in [0, 0.05) is 13.1 Å². The molecule has 0 saturated carbocycles. The van der Waals surface area contributed by atoms with E-state index in [0.717, 1.165) is 19.5 Å². The second-order valence-corrected chi connectivity index (χ2v) is 5.41. The minimum Gasteiger partial charge on any atom is -0.462 e. The zero-order valence-corrected chi connectivity index (χ0v) is 11.1. The third-order valence-electron chi connectivity index (χ3n) is 3.57. The number of likely N-dealkylation sites (tertiary alicyclic amines) is 1. The molecule has 1 rings (SSSR count). The second kappa shape index (κ2) is 5.49. The molecule has 0 aromatic heterocycles. The lowest BCUT2D eigenvalue weighted by Gasteiger charge is -2.31. The van der Waals surface area contributed by atoms with Gasteiger partial charge in [0.1, 0.15) is 0 Å². The molecule has 1 amide bonds. The van der Waals surface area contributed by atoms with E-state index in [1.807, 2.05) is 0 Å². The number of nitrogens with zero attached hydrogens (tertiary/aromatic N) is 1. The van der Waals surface area contributed by atoms with Gasteiger partial charge in [-0.2, -0.15) is 0 Å². The average Bonchev–Trinajstić information content (AvgIpc) is 2.72. The molecule has 17 heavy (non-hydrogen) atoms. The van der Waals surface area contributed by atoms with E-state index in [1.54, 1.807) is 0 Å². The molecule has 1 atom stereocenters. The number of nitrogens with one attached hydrogen (secondary N) is 1. The Morgan fingerprint density at radius 3 is 2.59 bits per heavy atom. The van der Waals surface area contributed by atoms with E-state index in [2.05, 4.69) is 35.8 Å². The lowest BCUT2D eigenvalue weighted by atomic mass is 9.78. The highest BCUT2D eigenvalue weighted by Gasteiger charge is 2.34. The van der Waals surface area contributed by atoms with Gasteiger partial charge in [0.2, 0.25) is 0 Å². The van der Waals surface area contributed by atoms with Crippen molar-refractivity contribution in [2.24, 2.45) is 11.3 Å². The highest BCUT2D eigenvalue weighted by molar-refractivity contribution is 6.32. The van der Waals surface area contributed by atoms with Crippen LogP contribution in [0.2, 0.25) is 0 Å². The number of methoxy groups -OCH3 is 1. The summed E-state index contributed by atoms with van der Waals surface area (Å²) in [6, 6.07) is 0. The molecule has 1 saturated heterocycles. The van der Waals surface area contributed by atoms with Crippen molar-refractivity contribution in [1.82, 2.24) is 10.2 Å². The van der Waals surface area contributed by atoms with Crippen LogP contribution in [0.4, 0.5) is 0 Å². The summed E-state index contributed by atoms with van der Waals surface area (Å²) < 4.78 is 4.36. The van der Waals surface area contributed by atoms with Gasteiger partial charge in [-0.1, -0.05) is 13.8 Å². The van der Waals surface area contributed by atoms with Crippen LogP contribution < -0.4 is 5.32 Å². The van der Waals surface area contributed by atoms with E-state index >= 15 is 0 Å². The SMILES string of the molecule is COC(=O)C(=O)NCC(C)(C)C1CCN(C)C1. The minimum absolute atomic E-state index is 0.00551. The van der Waals surface area contributed by atoms with E-state index in [4.69, 9.17) is 0 Å². The second-order valence-electron chi connectivity index (χ2n) is 5.41. The molecule has 0 aromatic carbocycles. The van der Waals surface area contributed by atoms with Crippen molar-refractivity contribution in [1.29, 1.82) is 0 Å². The molecule has 0 aliphatic carbocycles. The number of hydrogen-bond donors (Lipinski definition) is 1. The summed E-state index contributed by atoms with van der Waals surface area (Å²) in [5.41, 5.74) is -0.00551. The molecule has 0 bridgehead atoms. The number of amides is 1. The maximum absolute atomic E-state index is 11.3. The Hall–Kier alpha value is -1.10. The summed E-state index contributed by atoms with van der Waals surface area (Å²) in [4.78, 5) is 24.5. The zero-order valence-electron chi connectivity index (χ0n) is 11.1. The molecule has 98 valence electrons. The van der Waals surface area contributed by atoms with Crippen molar-refractivity contribution >= 4 is 11.9 Å². The van der Waals surface area contributed by atoms with Crippen LogP contribution in [0.15, 0.2) is 0 Å². The first-order valence-corrected chi connectivity index (χ1v) is 5.91. The Labute approximate surface area is 102 Å². The lowest BCUT2D eigenvalue weighted by Crippen LogP contribution is -2.42. The predicted octanol–water partition coefficient (Wildman–Crippen LogP) is 0.254. The topological polar surface area (TPSA) is 58.6 Å². The van der Waals surface area contributed by atoms with Crippen LogP contribution in [0.3, 0.4) is 0 Å². The quantitative estimate of drug-likeness (QED) is 0.569. The van der Waals surface area contributed by atoms with Crippen molar-refractivity contribution in [3.63, 3.8) is 0 Å². The van der Waals surface area contributed by atoms with Crippen LogP contribution in [-0.2, 0) is 14.3 Å². The molecule has 1 heterocycles. The monoisotopic (exact) mass is 242 g/mol. The number of carbonyl (C=O) groups excluding carboxylic acids is 2. The normalized spacial score (nSPS) is 21.3. The van der Waals surface area contributed by atoms with E-state index in [1.165, 1.54) is 7.11 Å². The average molecular weight is 242 g/mol. The maximum Gasteiger partial charge on any atom is 0.396 e. The van der Waals surface area contributed by atoms with Crippen molar-refractivity contribution in [3.05, 3.63) is 0 Å². The van der Waals surface area contributed by atoms with E-state index in [0.29, 0.717) is 12.5 Å². The zero-order chi connectivity index (χ0) is 13.1. The van der Waals surface area contributed by atoms with Gasteiger partial charge in [0.05, 0.1) is 7.11 Å². The van der Waals surface area contributed by atoms with E-state index in [-0.39, 0.29) is 5.41 Å². The molecule has 5 heteroatoms. The Morgan fingerprint density at radius 1 is 1.47 bits per heavy atom. The Balaban J connectivity index is 2.44. The molecule has 0 radical (unpaired) electrons. The number of carbonyl (C=O) groups is 2. The van der Waals surface area contributed by atoms with Crippen LogP contribution in [0.5, 0.6) is 0 Å². The third kappa shape index (κ3) is 3.70. The van der Waals surface area contributed by atoms with Gasteiger partial charge in [0.15, 0.2) is 0 Å². The fourth-order valence-electron chi connectivity index (χ4n) is 2.19. The summed E-state index contributed by atoms with van der Waals surface area (Å²) in [6.07, 6.45) is 1.14. The van der Waals surface area contributed by atoms with Gasteiger partial charge in [-0.05, 0) is 31.3 Å². The highest BCUT2D eigenvalue weighted by Crippen LogP contribution is 2.33. The molecule has 0 aromatic rings. The molecule has 1 N–H and O–H groups in total. The molecule has 5 nitrogen and oxygen atoms in total. The number of ether oxygens (including phenoxy) is 1. The first-order valence-electron chi connectivity index (χ1n) is 5.91. The van der Waals surface area contributed by atoms with Gasteiger partial charge in [0.25, 0.3) is 0 Å². The number of hydrogen-bond acceptors (Lipinski definition) is 4. The summed E-state index contributed by atoms with van der Waals surface area (Å²) in [5.74, 6) is -0.943. The van der Waals surface area contributed by atoms with Crippen LogP contribution >= 0.6 is 0 Å². The van der Waals surface area contributed by atoms with Crippen molar-refractivity contribution in [3.8, 4) is 0 Å². The van der Waals surface area contributed by atoms with E-state index in [9.17, 15) is 9.59 Å². The standard InChI is InChI=1S/C12H22N2O3/c1-12(2,9-5-6-14(3)7-9)8-13-10(15)11(16)17-4/h9H,5-8H2,1-4H3,(H,13,15). The van der Waals surface area contributed by atoms with Gasteiger partial charge in [-0.15, -0.1) is 0 Å². The largest absolute Gasteiger partial charge is 0.462 e. The summed E-state index contributed by atoms with van der Waals surface area (Å²) in [5, 5.41) is 2.63. The lowest BCUT2D eigenvalue weighted by molar-refractivity contribution is -0.152. The first-order chi connectivity index (χ1) is 7.86. The fraction of sp³-hybridized carbons (Fsp3) is 0.833. The highest BCUT2D eigenvalue weighted by atomic mass is 16.5. The molecule has 0 spiro atoms. The van der Waals surface area contributed by atoms with Gasteiger partial charge >= 0.3 is 11.9 Å². The predicted molar refractivity (Wildman–Crippen MR) is 64.4 cm³/mol. The van der Waals surface area contributed by atoms with E-state index < -0.39 is 11.9 Å². The number of esters is 1. The summed E-state index contributed by atoms with van der Waals surface area (Å²) in [6.45, 7) is 6.88. The van der Waals surface area contributed by atoms with Crippen molar-refractivity contribution in [2.75, 3.05) is 33.8 Å². The third-order valence-corrected chi connectivity index (χ3v) is 3.57. The summed E-state index contributed by atoms with van der Waals surface area (Å²) >= 11 is 0. The molecule has 1 unspecified atom stereocenters. The minimum atomic E-state index is -0.829. The van der Waals surface area contributed by atoms with Crippen molar-refractivity contribution in [2.45, 2.75) is 20.3 Å². The van der Waals surface area contributed by atoms with Crippen LogP contribution in [-0.4, -0.2) is 50.6 Å². The molecule has 1 aliphatic heterocycles. The summed E-state index contributed by atoms with van der Waals surface area (Å²) in [7, 11) is 3.31. The van der Waals surface area contributed by atoms with Gasteiger partial charge in [-0.3, -0.25) is 4.79 Å². The number of rotatable bonds is 3. The molecule has 1 aliphatic rings. The Morgan fingerprint density at radius 2 is 2.12 bits per heavy atom. The first kappa shape index (κ1) is 14.0. The smallest absolute Gasteiger partial charge is 0.396 e. The van der Waals surface area contributed by atoms with Crippen molar-refractivity contribution < 1.29 is 14.3 Å². The molecule has 1 fully saturated rings. The van der Waals surface area contributed by atoms with Crippen LogP contribution in [0.25, 0.3) is 0 Å².